The summed E-state index contributed by atoms with van der Waals surface area (Å²) in [7, 11) is 0. The Labute approximate surface area is 140 Å². The van der Waals surface area contributed by atoms with Gasteiger partial charge in [0.2, 0.25) is 0 Å². The maximum atomic E-state index is 5.88. The van der Waals surface area contributed by atoms with Crippen molar-refractivity contribution in [2.45, 2.75) is 6.42 Å². The molecule has 1 aliphatic rings. The second-order valence-electron chi connectivity index (χ2n) is 5.06. The molecule has 0 saturated carbocycles. The van der Waals surface area contributed by atoms with Crippen LogP contribution in [0.1, 0.15) is 10.4 Å². The van der Waals surface area contributed by atoms with Crippen LogP contribution < -0.4 is 9.26 Å². The van der Waals surface area contributed by atoms with Crippen LogP contribution >= 0.6 is 34.2 Å². The molecular formula is C16H12IN3S. The van der Waals surface area contributed by atoms with E-state index in [-0.39, 0.29) is 0 Å². The minimum Gasteiger partial charge on any atom is -0.399 e. The molecule has 3 N–H and O–H groups in total. The number of nitrogen functional groups attached to an aromatic ring is 1. The number of fused-ring (bicyclic) bond motifs is 3. The largest absolute Gasteiger partial charge is 0.399 e. The second kappa shape index (κ2) is 4.99. The molecular weight excluding hydrogens is 393 g/mol. The Balaban J connectivity index is 1.78. The van der Waals surface area contributed by atoms with E-state index in [9.17, 15) is 0 Å². The first-order valence-corrected chi connectivity index (χ1v) is 8.49. The van der Waals surface area contributed by atoms with Crippen molar-refractivity contribution < 1.29 is 0 Å². The van der Waals surface area contributed by atoms with E-state index >= 15 is 0 Å². The van der Waals surface area contributed by atoms with Gasteiger partial charge in [-0.3, -0.25) is 0 Å². The highest BCUT2D eigenvalue weighted by atomic mass is 127. The first-order valence-electron chi connectivity index (χ1n) is 6.60. The molecule has 1 aromatic heterocycles. The van der Waals surface area contributed by atoms with Crippen molar-refractivity contribution in [2.24, 2.45) is 0 Å². The number of rotatable bonds is 2. The van der Waals surface area contributed by atoms with Crippen LogP contribution in [0.2, 0.25) is 0 Å². The van der Waals surface area contributed by atoms with Crippen molar-refractivity contribution in [3.05, 3.63) is 52.9 Å². The first-order chi connectivity index (χ1) is 10.2. The molecule has 3 aromatic rings. The molecule has 0 unspecified atom stereocenters. The van der Waals surface area contributed by atoms with Gasteiger partial charge in [-0.25, -0.2) is 4.98 Å². The lowest BCUT2D eigenvalue weighted by molar-refractivity contribution is 1.31. The van der Waals surface area contributed by atoms with Gasteiger partial charge in [-0.15, -0.1) is 11.3 Å². The molecule has 1 heterocycles. The second-order valence-corrected chi connectivity index (χ2v) is 6.68. The standard InChI is InChI=1S/C16H12IN3S/c17-20-16-19-15-13-5-4-10(6-11(13)8-14(15)21-16)9-2-1-3-12(18)7-9/h1-7H,8,18H2,(H,19,20). The number of halogens is 1. The average molecular weight is 405 g/mol. The lowest BCUT2D eigenvalue weighted by Crippen LogP contribution is -1.87. The molecule has 4 rings (SSSR count). The number of thiazole rings is 1. The fraction of sp³-hybridized carbons (Fsp3) is 0.0625. The molecule has 1 aliphatic carbocycles. The van der Waals surface area contributed by atoms with Crippen molar-refractivity contribution in [1.29, 1.82) is 0 Å². The van der Waals surface area contributed by atoms with Gasteiger partial charge in [0.05, 0.1) is 28.6 Å². The third-order valence-corrected chi connectivity index (χ3v) is 5.56. The number of nitrogens with two attached hydrogens (primary N) is 1. The fourth-order valence-electron chi connectivity index (χ4n) is 2.76. The normalized spacial score (nSPS) is 12.0. The van der Waals surface area contributed by atoms with Gasteiger partial charge in [0.25, 0.3) is 0 Å². The molecule has 3 nitrogen and oxygen atoms in total. The predicted molar refractivity (Wildman–Crippen MR) is 97.8 cm³/mol. The Bertz CT molecular complexity index is 841. The Morgan fingerprint density at radius 2 is 2.00 bits per heavy atom. The van der Waals surface area contributed by atoms with E-state index < -0.39 is 0 Å². The van der Waals surface area contributed by atoms with Crippen LogP contribution in [-0.4, -0.2) is 4.98 Å². The zero-order valence-electron chi connectivity index (χ0n) is 11.1. The minimum atomic E-state index is 0.798. The highest BCUT2D eigenvalue weighted by Gasteiger charge is 2.23. The number of hydrogen-bond donors (Lipinski definition) is 2. The summed E-state index contributed by atoms with van der Waals surface area (Å²) in [6, 6.07) is 14.6. The van der Waals surface area contributed by atoms with Gasteiger partial charge in [-0.1, -0.05) is 30.3 Å². The quantitative estimate of drug-likeness (QED) is 0.288. The van der Waals surface area contributed by atoms with Crippen LogP contribution in [0.5, 0.6) is 0 Å². The van der Waals surface area contributed by atoms with E-state index in [1.54, 1.807) is 11.3 Å². The lowest BCUT2D eigenvalue weighted by Gasteiger charge is -2.06. The molecule has 5 heteroatoms. The maximum absolute atomic E-state index is 5.88. The summed E-state index contributed by atoms with van der Waals surface area (Å²) in [5.74, 6) is 0. The third-order valence-electron chi connectivity index (χ3n) is 3.71. The Morgan fingerprint density at radius 3 is 2.81 bits per heavy atom. The summed E-state index contributed by atoms with van der Waals surface area (Å²) in [6.07, 6.45) is 0.969. The van der Waals surface area contributed by atoms with Gasteiger partial charge in [0.15, 0.2) is 5.13 Å². The fourth-order valence-corrected chi connectivity index (χ4v) is 4.10. The number of aromatic nitrogens is 1. The third kappa shape index (κ3) is 2.20. The summed E-state index contributed by atoms with van der Waals surface area (Å²) in [6.45, 7) is 0. The van der Waals surface area contributed by atoms with Crippen molar-refractivity contribution in [3.8, 4) is 22.4 Å². The van der Waals surface area contributed by atoms with Crippen LogP contribution in [-0.2, 0) is 6.42 Å². The molecule has 0 saturated heterocycles. The van der Waals surface area contributed by atoms with E-state index in [0.717, 1.165) is 28.5 Å². The highest BCUT2D eigenvalue weighted by Crippen LogP contribution is 2.42. The topological polar surface area (TPSA) is 50.9 Å². The molecule has 104 valence electrons. The zero-order chi connectivity index (χ0) is 14.4. The van der Waals surface area contributed by atoms with Crippen LogP contribution in [0.4, 0.5) is 10.8 Å². The molecule has 0 atom stereocenters. The van der Waals surface area contributed by atoms with Gasteiger partial charge in [0.1, 0.15) is 0 Å². The number of nitrogens with one attached hydrogen (secondary N) is 1. The SMILES string of the molecule is Nc1cccc(-c2ccc3c(c2)Cc2sc(NI)nc2-3)c1. The summed E-state index contributed by atoms with van der Waals surface area (Å²) in [4.78, 5) is 5.99. The van der Waals surface area contributed by atoms with Crippen molar-refractivity contribution in [1.82, 2.24) is 4.98 Å². The van der Waals surface area contributed by atoms with Crippen molar-refractivity contribution in [3.63, 3.8) is 0 Å². The molecule has 0 amide bonds. The van der Waals surface area contributed by atoms with Gasteiger partial charge in [0, 0.05) is 22.5 Å². The van der Waals surface area contributed by atoms with Gasteiger partial charge >= 0.3 is 0 Å². The van der Waals surface area contributed by atoms with Crippen LogP contribution in [0.3, 0.4) is 0 Å². The summed E-state index contributed by atoms with van der Waals surface area (Å²) < 4.78 is 3.09. The van der Waals surface area contributed by atoms with E-state index in [1.807, 2.05) is 18.2 Å². The van der Waals surface area contributed by atoms with Crippen molar-refractivity contribution in [2.75, 3.05) is 9.26 Å². The minimum absolute atomic E-state index is 0.798. The Hall–Kier alpha value is -1.60. The highest BCUT2D eigenvalue weighted by molar-refractivity contribution is 14.1. The smallest absolute Gasteiger partial charge is 0.192 e. The molecule has 0 bridgehead atoms. The summed E-state index contributed by atoms with van der Waals surface area (Å²) in [5, 5.41) is 0.978. The van der Waals surface area contributed by atoms with Gasteiger partial charge in [-0.05, 0) is 28.8 Å². The van der Waals surface area contributed by atoms with Gasteiger partial charge in [-0.2, -0.15) is 0 Å². The first kappa shape index (κ1) is 13.1. The number of benzene rings is 2. The maximum Gasteiger partial charge on any atom is 0.192 e. The molecule has 0 fully saturated rings. The monoisotopic (exact) mass is 405 g/mol. The van der Waals surface area contributed by atoms with Crippen molar-refractivity contribution >= 4 is 45.0 Å². The van der Waals surface area contributed by atoms with Crippen LogP contribution in [0.15, 0.2) is 42.5 Å². The number of nitrogens with zero attached hydrogens (tertiary/aromatic N) is 1. The number of anilines is 2. The van der Waals surface area contributed by atoms with Gasteiger partial charge < -0.3 is 9.26 Å². The van der Waals surface area contributed by atoms with Crippen LogP contribution in [0.25, 0.3) is 22.4 Å². The summed E-state index contributed by atoms with van der Waals surface area (Å²) in [5.41, 5.74) is 12.8. The predicted octanol–water partition coefficient (Wildman–Crippen LogP) is 4.73. The molecule has 0 radical (unpaired) electrons. The lowest BCUT2D eigenvalue weighted by atomic mass is 10.00. The molecule has 0 spiro atoms. The number of hydrogen-bond acceptors (Lipinski definition) is 4. The Kier molecular flexibility index (Phi) is 3.11. The molecule has 0 aliphatic heterocycles. The van der Waals surface area contributed by atoms with E-state index in [0.29, 0.717) is 0 Å². The van der Waals surface area contributed by atoms with E-state index in [4.69, 9.17) is 5.73 Å². The van der Waals surface area contributed by atoms with Crippen LogP contribution in [0, 0.1) is 0 Å². The molecule has 21 heavy (non-hydrogen) atoms. The zero-order valence-corrected chi connectivity index (χ0v) is 14.0. The Morgan fingerprint density at radius 1 is 1.14 bits per heavy atom. The average Bonchev–Trinajstić information content (AvgIpc) is 3.03. The van der Waals surface area contributed by atoms with E-state index in [2.05, 4.69) is 55.6 Å². The van der Waals surface area contributed by atoms with E-state index in [1.165, 1.54) is 21.6 Å². The molecule has 2 aromatic carbocycles. The summed E-state index contributed by atoms with van der Waals surface area (Å²) >= 11 is 3.86.